The van der Waals surface area contributed by atoms with Crippen LogP contribution < -0.4 is 5.32 Å². The van der Waals surface area contributed by atoms with Crippen molar-refractivity contribution in [2.24, 2.45) is 0 Å². The summed E-state index contributed by atoms with van der Waals surface area (Å²) < 4.78 is 28.2. The smallest absolute Gasteiger partial charge is 0.145 e. The van der Waals surface area contributed by atoms with E-state index in [0.29, 0.717) is 0 Å². The average Bonchev–Trinajstić information content (AvgIpc) is 2.40. The van der Waals surface area contributed by atoms with Crippen LogP contribution in [-0.4, -0.2) is 31.1 Å². The predicted molar refractivity (Wildman–Crippen MR) is 78.7 cm³/mol. The zero-order chi connectivity index (χ0) is 13.1. The number of nitrogens with zero attached hydrogens (tertiary/aromatic N) is 1. The van der Waals surface area contributed by atoms with E-state index >= 15 is 0 Å². The third kappa shape index (κ3) is 3.54. The molecule has 0 saturated carbocycles. The summed E-state index contributed by atoms with van der Waals surface area (Å²) >= 11 is 3.09. The molecule has 1 aromatic carbocycles. The Morgan fingerprint density at radius 2 is 1.95 bits per heavy atom. The molecule has 2 nitrogen and oxygen atoms in total. The summed E-state index contributed by atoms with van der Waals surface area (Å²) in [7, 11) is 0. The topological polar surface area (TPSA) is 15.3 Å². The summed E-state index contributed by atoms with van der Waals surface area (Å²) in [5.74, 6) is -1.07. The Bertz CT molecular complexity index is 451. The van der Waals surface area contributed by atoms with Crippen LogP contribution >= 0.6 is 28.3 Å². The van der Waals surface area contributed by atoms with E-state index < -0.39 is 17.7 Å². The van der Waals surface area contributed by atoms with Crippen LogP contribution in [0.3, 0.4) is 0 Å². The molecule has 106 valence electrons. The van der Waals surface area contributed by atoms with E-state index in [-0.39, 0.29) is 22.4 Å². The molecule has 1 aliphatic rings. The molecular formula is C13H16BrClF2N2. The van der Waals surface area contributed by atoms with Gasteiger partial charge in [0, 0.05) is 31.7 Å². The van der Waals surface area contributed by atoms with E-state index in [2.05, 4.69) is 27.8 Å². The monoisotopic (exact) mass is 352 g/mol. The zero-order valence-electron chi connectivity index (χ0n) is 10.3. The number of nitrogens with one attached hydrogen (secondary N) is 1. The highest BCUT2D eigenvalue weighted by atomic mass is 79.9. The van der Waals surface area contributed by atoms with Crippen molar-refractivity contribution in [3.05, 3.63) is 46.5 Å². The molecule has 1 saturated heterocycles. The van der Waals surface area contributed by atoms with Crippen LogP contribution in [0.1, 0.15) is 11.6 Å². The maximum atomic E-state index is 14.1. The standard InChI is InChI=1S/C13H15BrF2N2.ClH/c1-2-11(18-7-5-17-6-8-18)12-10(15)4-3-9(14)13(12)16;/h2-4,11,17H,1,5-8H2;1H/t11-;/m0./s1. The molecule has 1 aliphatic heterocycles. The van der Waals surface area contributed by atoms with E-state index in [1.165, 1.54) is 12.1 Å². The van der Waals surface area contributed by atoms with Crippen molar-refractivity contribution in [3.8, 4) is 0 Å². The first kappa shape index (κ1) is 16.6. The molecule has 0 spiro atoms. The van der Waals surface area contributed by atoms with Crippen LogP contribution in [0.15, 0.2) is 29.3 Å². The normalized spacial score (nSPS) is 17.6. The van der Waals surface area contributed by atoms with Crippen LogP contribution in [0.4, 0.5) is 8.78 Å². The molecule has 1 aromatic rings. The van der Waals surface area contributed by atoms with Gasteiger partial charge in [0.1, 0.15) is 11.6 Å². The lowest BCUT2D eigenvalue weighted by Gasteiger charge is -2.33. The van der Waals surface area contributed by atoms with Gasteiger partial charge in [-0.15, -0.1) is 19.0 Å². The predicted octanol–water partition coefficient (Wildman–Crippen LogP) is 3.28. The Hall–Kier alpha value is -0.490. The van der Waals surface area contributed by atoms with Gasteiger partial charge in [0.2, 0.25) is 0 Å². The van der Waals surface area contributed by atoms with Gasteiger partial charge < -0.3 is 5.32 Å². The van der Waals surface area contributed by atoms with Gasteiger partial charge in [0.15, 0.2) is 0 Å². The minimum absolute atomic E-state index is 0. The van der Waals surface area contributed by atoms with Crippen molar-refractivity contribution in [1.82, 2.24) is 10.2 Å². The maximum absolute atomic E-state index is 14.1. The molecule has 0 aromatic heterocycles. The van der Waals surface area contributed by atoms with Gasteiger partial charge in [-0.2, -0.15) is 0 Å². The van der Waals surface area contributed by atoms with Crippen molar-refractivity contribution in [1.29, 1.82) is 0 Å². The fraction of sp³-hybridized carbons (Fsp3) is 0.385. The van der Waals surface area contributed by atoms with Crippen molar-refractivity contribution in [3.63, 3.8) is 0 Å². The largest absolute Gasteiger partial charge is 0.314 e. The highest BCUT2D eigenvalue weighted by Gasteiger charge is 2.26. The molecule has 2 rings (SSSR count). The summed E-state index contributed by atoms with van der Waals surface area (Å²) in [5, 5.41) is 3.21. The van der Waals surface area contributed by atoms with Gasteiger partial charge >= 0.3 is 0 Å². The molecular weight excluding hydrogens is 338 g/mol. The Morgan fingerprint density at radius 3 is 2.53 bits per heavy atom. The molecule has 0 radical (unpaired) electrons. The summed E-state index contributed by atoms with van der Waals surface area (Å²) in [4.78, 5) is 2.03. The Labute approximate surface area is 126 Å². The first-order valence-electron chi connectivity index (χ1n) is 5.86. The van der Waals surface area contributed by atoms with Crippen LogP contribution in [0, 0.1) is 11.6 Å². The van der Waals surface area contributed by atoms with Gasteiger partial charge in [-0.05, 0) is 28.1 Å². The third-order valence-corrected chi connectivity index (χ3v) is 3.76. The molecule has 0 bridgehead atoms. The number of piperazine rings is 1. The van der Waals surface area contributed by atoms with Gasteiger partial charge in [-0.25, -0.2) is 8.78 Å². The zero-order valence-corrected chi connectivity index (χ0v) is 12.7. The van der Waals surface area contributed by atoms with Gasteiger partial charge in [-0.3, -0.25) is 4.90 Å². The molecule has 0 unspecified atom stereocenters. The number of benzene rings is 1. The van der Waals surface area contributed by atoms with Crippen LogP contribution in [-0.2, 0) is 0 Å². The van der Waals surface area contributed by atoms with Gasteiger partial charge in [0.25, 0.3) is 0 Å². The average molecular weight is 354 g/mol. The first-order chi connectivity index (χ1) is 8.65. The Balaban J connectivity index is 0.00000180. The van der Waals surface area contributed by atoms with Crippen molar-refractivity contribution in [2.75, 3.05) is 26.2 Å². The highest BCUT2D eigenvalue weighted by Crippen LogP contribution is 2.31. The minimum atomic E-state index is -0.543. The van der Waals surface area contributed by atoms with Crippen molar-refractivity contribution >= 4 is 28.3 Å². The van der Waals surface area contributed by atoms with E-state index in [1.807, 2.05) is 4.90 Å². The first-order valence-corrected chi connectivity index (χ1v) is 6.65. The van der Waals surface area contributed by atoms with Crippen molar-refractivity contribution < 1.29 is 8.78 Å². The Morgan fingerprint density at radius 1 is 1.32 bits per heavy atom. The fourth-order valence-electron chi connectivity index (χ4n) is 2.22. The summed E-state index contributed by atoms with van der Waals surface area (Å²) in [6.45, 7) is 6.86. The second-order valence-corrected chi connectivity index (χ2v) is 5.08. The van der Waals surface area contributed by atoms with E-state index in [9.17, 15) is 8.78 Å². The summed E-state index contributed by atoms with van der Waals surface area (Å²) in [6.07, 6.45) is 1.60. The lowest BCUT2D eigenvalue weighted by atomic mass is 10.0. The lowest BCUT2D eigenvalue weighted by molar-refractivity contribution is 0.197. The quantitative estimate of drug-likeness (QED) is 0.663. The van der Waals surface area contributed by atoms with Crippen LogP contribution in [0.5, 0.6) is 0 Å². The van der Waals surface area contributed by atoms with Crippen molar-refractivity contribution in [2.45, 2.75) is 6.04 Å². The molecule has 0 amide bonds. The highest BCUT2D eigenvalue weighted by molar-refractivity contribution is 9.10. The molecule has 1 N–H and O–H groups in total. The second kappa shape index (κ2) is 7.33. The second-order valence-electron chi connectivity index (χ2n) is 4.22. The summed E-state index contributed by atoms with van der Waals surface area (Å²) in [5.41, 5.74) is 0.0706. The molecule has 0 aliphatic carbocycles. The van der Waals surface area contributed by atoms with E-state index in [1.54, 1.807) is 6.08 Å². The van der Waals surface area contributed by atoms with Crippen LogP contribution in [0.2, 0.25) is 0 Å². The van der Waals surface area contributed by atoms with Gasteiger partial charge in [0.05, 0.1) is 10.5 Å². The molecule has 6 heteroatoms. The maximum Gasteiger partial charge on any atom is 0.145 e. The van der Waals surface area contributed by atoms with Crippen LogP contribution in [0.25, 0.3) is 0 Å². The van der Waals surface area contributed by atoms with E-state index in [0.717, 1.165) is 26.2 Å². The fourth-order valence-corrected chi connectivity index (χ4v) is 2.57. The lowest BCUT2D eigenvalue weighted by Crippen LogP contribution is -2.45. The third-order valence-electron chi connectivity index (χ3n) is 3.14. The summed E-state index contributed by atoms with van der Waals surface area (Å²) in [6, 6.07) is 2.23. The molecule has 1 heterocycles. The Kier molecular flexibility index (Phi) is 6.39. The SMILES string of the molecule is C=C[C@@H](c1c(F)ccc(Br)c1F)N1CCNCC1.Cl. The number of hydrogen-bond donors (Lipinski definition) is 1. The molecule has 19 heavy (non-hydrogen) atoms. The molecule has 1 fully saturated rings. The van der Waals surface area contributed by atoms with Gasteiger partial charge in [-0.1, -0.05) is 6.08 Å². The van der Waals surface area contributed by atoms with E-state index in [4.69, 9.17) is 0 Å². The molecule has 1 atom stereocenters. The number of hydrogen-bond acceptors (Lipinski definition) is 2. The number of halogens is 4. The number of rotatable bonds is 3. The minimum Gasteiger partial charge on any atom is -0.314 e.